The zero-order valence-corrected chi connectivity index (χ0v) is 15.2. The van der Waals surface area contributed by atoms with Crippen molar-refractivity contribution in [3.05, 3.63) is 35.9 Å². The minimum atomic E-state index is -3.70. The first kappa shape index (κ1) is 18.7. The van der Waals surface area contributed by atoms with Gasteiger partial charge in [0.2, 0.25) is 0 Å². The lowest BCUT2D eigenvalue weighted by atomic mass is 10.1. The van der Waals surface area contributed by atoms with Gasteiger partial charge in [-0.15, -0.1) is 0 Å². The van der Waals surface area contributed by atoms with Gasteiger partial charge in [0.05, 0.1) is 12.6 Å². The molecule has 0 spiro atoms. The van der Waals surface area contributed by atoms with Gasteiger partial charge in [0.1, 0.15) is 11.4 Å². The number of rotatable bonds is 4. The quantitative estimate of drug-likeness (QED) is 0.777. The van der Waals surface area contributed by atoms with Crippen LogP contribution in [0.5, 0.6) is 0 Å². The molecule has 0 N–H and O–H groups in total. The van der Waals surface area contributed by atoms with E-state index < -0.39 is 27.9 Å². The Bertz CT molecular complexity index is 651. The van der Waals surface area contributed by atoms with Crippen LogP contribution in [0.1, 0.15) is 39.2 Å². The summed E-state index contributed by atoms with van der Waals surface area (Å²) in [6, 6.07) is 8.89. The first-order valence-corrected chi connectivity index (χ1v) is 9.65. The molecule has 0 aromatic heterocycles. The summed E-state index contributed by atoms with van der Waals surface area (Å²) in [4.78, 5) is 13.6. The normalized spacial score (nSPS) is 19.1. The van der Waals surface area contributed by atoms with E-state index in [0.29, 0.717) is 24.9 Å². The minimum absolute atomic E-state index is 0.170. The van der Waals surface area contributed by atoms with E-state index in [1.54, 1.807) is 45.0 Å². The average molecular weight is 355 g/mol. The van der Waals surface area contributed by atoms with E-state index in [1.807, 2.05) is 6.07 Å². The second kappa shape index (κ2) is 7.53. The molecule has 1 aromatic carbocycles. The Labute approximate surface area is 143 Å². The number of carbonyl (C=O) groups excluding carboxylic acids is 1. The fraction of sp³-hybridized carbons (Fsp3) is 0.588. The number of nitrogens with zero attached hydrogens (tertiary/aromatic N) is 1. The highest BCUT2D eigenvalue weighted by Crippen LogP contribution is 2.20. The van der Waals surface area contributed by atoms with Crippen LogP contribution in [0, 0.1) is 0 Å². The molecule has 24 heavy (non-hydrogen) atoms. The fourth-order valence-electron chi connectivity index (χ4n) is 2.53. The van der Waals surface area contributed by atoms with Crippen LogP contribution in [-0.4, -0.2) is 44.2 Å². The number of carbonyl (C=O) groups is 1. The third-order valence-electron chi connectivity index (χ3n) is 3.50. The van der Waals surface area contributed by atoms with Crippen LogP contribution in [-0.2, 0) is 24.8 Å². The molecule has 1 aromatic rings. The Hall–Kier alpha value is -1.60. The monoisotopic (exact) mass is 355 g/mol. The number of benzene rings is 1. The summed E-state index contributed by atoms with van der Waals surface area (Å²) in [5, 5.41) is 0. The van der Waals surface area contributed by atoms with Crippen molar-refractivity contribution in [2.24, 2.45) is 0 Å². The van der Waals surface area contributed by atoms with Crippen molar-refractivity contribution in [3.8, 4) is 0 Å². The number of amides is 1. The van der Waals surface area contributed by atoms with Gasteiger partial charge in [-0.3, -0.25) is 4.18 Å². The van der Waals surface area contributed by atoms with Crippen LogP contribution >= 0.6 is 0 Å². The summed E-state index contributed by atoms with van der Waals surface area (Å²) in [6.07, 6.45) is 0.328. The van der Waals surface area contributed by atoms with Gasteiger partial charge in [-0.25, -0.2) is 4.79 Å². The summed E-state index contributed by atoms with van der Waals surface area (Å²) >= 11 is 0. The zero-order valence-electron chi connectivity index (χ0n) is 14.4. The van der Waals surface area contributed by atoms with Crippen molar-refractivity contribution in [3.63, 3.8) is 0 Å². The molecule has 1 unspecified atom stereocenters. The largest absolute Gasteiger partial charge is 0.444 e. The van der Waals surface area contributed by atoms with Crippen LogP contribution < -0.4 is 0 Å². The fourth-order valence-corrected chi connectivity index (χ4v) is 3.77. The van der Waals surface area contributed by atoms with Crippen LogP contribution in [0.25, 0.3) is 0 Å². The van der Waals surface area contributed by atoms with Gasteiger partial charge in [-0.2, -0.15) is 8.42 Å². The van der Waals surface area contributed by atoms with Crippen LogP contribution in [0.15, 0.2) is 30.3 Å². The molecule has 0 bridgehead atoms. The molecular formula is C17H25NO5S. The maximum Gasteiger partial charge on any atom is 0.410 e. The Morgan fingerprint density at radius 1 is 1.25 bits per heavy atom. The standard InChI is InChI=1S/C17H25NO5S/c1-17(2,3)22-16(19)18-11-7-10-15(12-18)23-24(20,21)13-14-8-5-4-6-9-14/h4-6,8-9,15H,7,10-13H2,1-3H3. The molecule has 1 saturated heterocycles. The maximum atomic E-state index is 12.2. The van der Waals surface area contributed by atoms with Crippen LogP contribution in [0.4, 0.5) is 4.79 Å². The highest BCUT2D eigenvalue weighted by atomic mass is 32.2. The number of hydrogen-bond acceptors (Lipinski definition) is 5. The molecule has 0 saturated carbocycles. The first-order chi connectivity index (χ1) is 11.1. The summed E-state index contributed by atoms with van der Waals surface area (Å²) < 4.78 is 35.1. The predicted octanol–water partition coefficient (Wildman–Crippen LogP) is 2.93. The lowest BCUT2D eigenvalue weighted by molar-refractivity contribution is 0.00837. The molecule has 0 aliphatic carbocycles. The van der Waals surface area contributed by atoms with Crippen molar-refractivity contribution in [1.29, 1.82) is 0 Å². The van der Waals surface area contributed by atoms with E-state index in [1.165, 1.54) is 4.90 Å². The Morgan fingerprint density at radius 3 is 2.54 bits per heavy atom. The van der Waals surface area contributed by atoms with Gasteiger partial charge in [-0.1, -0.05) is 30.3 Å². The predicted molar refractivity (Wildman–Crippen MR) is 91.0 cm³/mol. The molecular weight excluding hydrogens is 330 g/mol. The molecule has 1 fully saturated rings. The third-order valence-corrected chi connectivity index (χ3v) is 4.75. The molecule has 6 nitrogen and oxygen atoms in total. The van der Waals surface area contributed by atoms with E-state index in [4.69, 9.17) is 8.92 Å². The lowest BCUT2D eigenvalue weighted by Gasteiger charge is -2.33. The Balaban J connectivity index is 1.93. The van der Waals surface area contributed by atoms with Crippen molar-refractivity contribution in [2.45, 2.75) is 51.1 Å². The molecule has 0 radical (unpaired) electrons. The van der Waals surface area contributed by atoms with E-state index in [0.717, 1.165) is 0 Å². The number of ether oxygens (including phenoxy) is 1. The zero-order chi connectivity index (χ0) is 17.8. The second-order valence-electron chi connectivity index (χ2n) is 6.97. The smallest absolute Gasteiger partial charge is 0.410 e. The van der Waals surface area contributed by atoms with E-state index >= 15 is 0 Å². The molecule has 1 amide bonds. The molecule has 1 aliphatic rings. The SMILES string of the molecule is CC(C)(C)OC(=O)N1CCCC(OS(=O)(=O)Cc2ccccc2)C1. The maximum absolute atomic E-state index is 12.2. The highest BCUT2D eigenvalue weighted by Gasteiger charge is 2.30. The van der Waals surface area contributed by atoms with Crippen LogP contribution in [0.2, 0.25) is 0 Å². The summed E-state index contributed by atoms with van der Waals surface area (Å²) in [5.41, 5.74) is 0.0990. The number of hydrogen-bond donors (Lipinski definition) is 0. The van der Waals surface area contributed by atoms with Crippen molar-refractivity contribution in [2.75, 3.05) is 13.1 Å². The van der Waals surface area contributed by atoms with Gasteiger partial charge in [0, 0.05) is 6.54 Å². The number of piperidine rings is 1. The summed E-state index contributed by atoms with van der Waals surface area (Å²) in [5.74, 6) is -0.170. The second-order valence-corrected chi connectivity index (χ2v) is 8.57. The van der Waals surface area contributed by atoms with Gasteiger partial charge >= 0.3 is 6.09 Å². The minimum Gasteiger partial charge on any atom is -0.444 e. The lowest BCUT2D eigenvalue weighted by Crippen LogP contribution is -2.46. The van der Waals surface area contributed by atoms with Crippen LogP contribution in [0.3, 0.4) is 0 Å². The Morgan fingerprint density at radius 2 is 1.92 bits per heavy atom. The van der Waals surface area contributed by atoms with Gasteiger partial charge < -0.3 is 9.64 Å². The number of likely N-dealkylation sites (tertiary alicyclic amines) is 1. The van der Waals surface area contributed by atoms with Crippen molar-refractivity contribution < 1.29 is 22.1 Å². The van der Waals surface area contributed by atoms with Crippen molar-refractivity contribution >= 4 is 16.2 Å². The summed E-state index contributed by atoms with van der Waals surface area (Å²) in [7, 11) is -3.70. The average Bonchev–Trinajstić information content (AvgIpc) is 2.45. The molecule has 1 aliphatic heterocycles. The van der Waals surface area contributed by atoms with Crippen molar-refractivity contribution in [1.82, 2.24) is 4.90 Å². The van der Waals surface area contributed by atoms with Gasteiger partial charge in [0.15, 0.2) is 0 Å². The van der Waals surface area contributed by atoms with E-state index in [-0.39, 0.29) is 12.3 Å². The third kappa shape index (κ3) is 6.13. The summed E-state index contributed by atoms with van der Waals surface area (Å²) in [6.45, 7) is 6.17. The molecule has 2 rings (SSSR count). The van der Waals surface area contributed by atoms with E-state index in [2.05, 4.69) is 0 Å². The molecule has 7 heteroatoms. The molecule has 134 valence electrons. The highest BCUT2D eigenvalue weighted by molar-refractivity contribution is 7.85. The molecule has 1 atom stereocenters. The van der Waals surface area contributed by atoms with Gasteiger partial charge in [-0.05, 0) is 39.2 Å². The topological polar surface area (TPSA) is 72.9 Å². The molecule has 1 heterocycles. The van der Waals surface area contributed by atoms with E-state index in [9.17, 15) is 13.2 Å². The Kier molecular flexibility index (Phi) is 5.87. The first-order valence-electron chi connectivity index (χ1n) is 8.07. The van der Waals surface area contributed by atoms with Gasteiger partial charge in [0.25, 0.3) is 10.1 Å².